The summed E-state index contributed by atoms with van der Waals surface area (Å²) in [4.78, 5) is 23.4. The summed E-state index contributed by atoms with van der Waals surface area (Å²) >= 11 is 0. The van der Waals surface area contributed by atoms with Gasteiger partial charge in [0.2, 0.25) is 0 Å². The van der Waals surface area contributed by atoms with E-state index in [2.05, 4.69) is 6.92 Å². The summed E-state index contributed by atoms with van der Waals surface area (Å²) in [5.41, 5.74) is 0. The second kappa shape index (κ2) is 6.76. The van der Waals surface area contributed by atoms with Crippen LogP contribution in [0.2, 0.25) is 0 Å². The number of rotatable bonds is 6. The number of carbonyl (C=O) groups excluding carboxylic acids is 2. The summed E-state index contributed by atoms with van der Waals surface area (Å²) in [6.07, 6.45) is 2.36. The molecular formula is C14H24O4. The van der Waals surface area contributed by atoms with Crippen molar-refractivity contribution in [3.05, 3.63) is 0 Å². The molecule has 1 aliphatic heterocycles. The average molecular weight is 256 g/mol. The standard InChI is InChI=1S/C14H24O4/c1-5-6-7-11-13(10(4)17-14(11)16)18-12(15)8-9(2)3/h9-11,13H,5-8H2,1-4H3. The third kappa shape index (κ3) is 4.00. The lowest BCUT2D eigenvalue weighted by Crippen LogP contribution is -2.31. The van der Waals surface area contributed by atoms with Gasteiger partial charge in [0.25, 0.3) is 0 Å². The van der Waals surface area contributed by atoms with E-state index in [9.17, 15) is 9.59 Å². The van der Waals surface area contributed by atoms with E-state index in [1.54, 1.807) is 6.92 Å². The van der Waals surface area contributed by atoms with Crippen molar-refractivity contribution in [1.82, 2.24) is 0 Å². The first-order valence-electron chi connectivity index (χ1n) is 6.85. The average Bonchev–Trinajstić information content (AvgIpc) is 2.50. The van der Waals surface area contributed by atoms with E-state index in [0.717, 1.165) is 19.3 Å². The van der Waals surface area contributed by atoms with Crippen LogP contribution >= 0.6 is 0 Å². The Morgan fingerprint density at radius 1 is 1.44 bits per heavy atom. The molecule has 0 aromatic carbocycles. The van der Waals surface area contributed by atoms with Crippen LogP contribution in [0.25, 0.3) is 0 Å². The molecule has 3 unspecified atom stereocenters. The zero-order valence-corrected chi connectivity index (χ0v) is 11.8. The first kappa shape index (κ1) is 15.0. The second-order valence-electron chi connectivity index (χ2n) is 5.44. The zero-order chi connectivity index (χ0) is 13.7. The topological polar surface area (TPSA) is 52.6 Å². The monoisotopic (exact) mass is 256 g/mol. The van der Waals surface area contributed by atoms with E-state index >= 15 is 0 Å². The molecule has 0 aliphatic carbocycles. The molecule has 4 nitrogen and oxygen atoms in total. The summed E-state index contributed by atoms with van der Waals surface area (Å²) in [5, 5.41) is 0. The largest absolute Gasteiger partial charge is 0.458 e. The minimum absolute atomic E-state index is 0.224. The lowest BCUT2D eigenvalue weighted by Gasteiger charge is -2.19. The van der Waals surface area contributed by atoms with Gasteiger partial charge in [0.05, 0.1) is 5.92 Å². The van der Waals surface area contributed by atoms with Gasteiger partial charge in [-0.25, -0.2) is 0 Å². The molecule has 0 aromatic heterocycles. The summed E-state index contributed by atoms with van der Waals surface area (Å²) < 4.78 is 10.6. The number of ether oxygens (including phenoxy) is 2. The van der Waals surface area contributed by atoms with Crippen LogP contribution in [0.5, 0.6) is 0 Å². The van der Waals surface area contributed by atoms with E-state index in [0.29, 0.717) is 6.42 Å². The minimum Gasteiger partial charge on any atom is -0.458 e. The summed E-state index contributed by atoms with van der Waals surface area (Å²) in [7, 11) is 0. The van der Waals surface area contributed by atoms with Crippen LogP contribution in [0.4, 0.5) is 0 Å². The molecule has 1 aliphatic rings. The van der Waals surface area contributed by atoms with Crippen molar-refractivity contribution in [2.75, 3.05) is 0 Å². The number of cyclic esters (lactones) is 1. The third-order valence-electron chi connectivity index (χ3n) is 3.18. The Balaban J connectivity index is 2.59. The van der Waals surface area contributed by atoms with Crippen molar-refractivity contribution < 1.29 is 19.1 Å². The van der Waals surface area contributed by atoms with E-state index in [1.807, 2.05) is 13.8 Å². The van der Waals surface area contributed by atoms with Gasteiger partial charge in [-0.2, -0.15) is 0 Å². The smallest absolute Gasteiger partial charge is 0.313 e. The van der Waals surface area contributed by atoms with E-state index in [4.69, 9.17) is 9.47 Å². The molecule has 1 heterocycles. The molecule has 1 fully saturated rings. The summed E-state index contributed by atoms with van der Waals surface area (Å²) in [6.45, 7) is 7.80. The van der Waals surface area contributed by atoms with E-state index in [-0.39, 0.29) is 29.9 Å². The van der Waals surface area contributed by atoms with Crippen molar-refractivity contribution in [3.63, 3.8) is 0 Å². The van der Waals surface area contributed by atoms with Crippen molar-refractivity contribution in [3.8, 4) is 0 Å². The van der Waals surface area contributed by atoms with Gasteiger partial charge in [0.1, 0.15) is 6.10 Å². The fourth-order valence-corrected chi connectivity index (χ4v) is 2.22. The maximum atomic E-state index is 11.7. The number of hydrogen-bond donors (Lipinski definition) is 0. The van der Waals surface area contributed by atoms with Gasteiger partial charge in [-0.1, -0.05) is 33.6 Å². The number of unbranched alkanes of at least 4 members (excludes halogenated alkanes) is 1. The predicted octanol–water partition coefficient (Wildman–Crippen LogP) is 2.70. The highest BCUT2D eigenvalue weighted by Crippen LogP contribution is 2.29. The van der Waals surface area contributed by atoms with Crippen LogP contribution in [0, 0.1) is 11.8 Å². The predicted molar refractivity (Wildman–Crippen MR) is 67.9 cm³/mol. The van der Waals surface area contributed by atoms with Crippen molar-refractivity contribution in [2.24, 2.45) is 11.8 Å². The Hall–Kier alpha value is -1.06. The first-order valence-corrected chi connectivity index (χ1v) is 6.85. The zero-order valence-electron chi connectivity index (χ0n) is 11.8. The summed E-state index contributed by atoms with van der Waals surface area (Å²) in [5.74, 6) is -0.476. The van der Waals surface area contributed by atoms with Crippen LogP contribution in [-0.4, -0.2) is 24.1 Å². The lowest BCUT2D eigenvalue weighted by molar-refractivity contribution is -0.154. The Morgan fingerprint density at radius 2 is 2.11 bits per heavy atom. The molecule has 104 valence electrons. The molecule has 0 saturated carbocycles. The van der Waals surface area contributed by atoms with Gasteiger partial charge in [-0.05, 0) is 19.3 Å². The molecule has 4 heteroatoms. The molecular weight excluding hydrogens is 232 g/mol. The molecule has 0 amide bonds. The minimum atomic E-state index is -0.407. The number of hydrogen-bond acceptors (Lipinski definition) is 4. The number of carbonyl (C=O) groups is 2. The fourth-order valence-electron chi connectivity index (χ4n) is 2.22. The Bertz CT molecular complexity index is 298. The van der Waals surface area contributed by atoms with Gasteiger partial charge < -0.3 is 9.47 Å². The van der Waals surface area contributed by atoms with Crippen LogP contribution in [0.15, 0.2) is 0 Å². The first-order chi connectivity index (χ1) is 8.45. The second-order valence-corrected chi connectivity index (χ2v) is 5.44. The molecule has 0 N–H and O–H groups in total. The van der Waals surface area contributed by atoms with Crippen LogP contribution in [-0.2, 0) is 19.1 Å². The Kier molecular flexibility index (Phi) is 5.63. The van der Waals surface area contributed by atoms with Gasteiger partial charge in [-0.3, -0.25) is 9.59 Å². The maximum Gasteiger partial charge on any atom is 0.313 e. The highest BCUT2D eigenvalue weighted by molar-refractivity contribution is 5.77. The maximum absolute atomic E-state index is 11.7. The molecule has 0 spiro atoms. The van der Waals surface area contributed by atoms with Gasteiger partial charge in [-0.15, -0.1) is 0 Å². The third-order valence-corrected chi connectivity index (χ3v) is 3.18. The van der Waals surface area contributed by atoms with Crippen molar-refractivity contribution >= 4 is 11.9 Å². The van der Waals surface area contributed by atoms with Crippen LogP contribution < -0.4 is 0 Å². The van der Waals surface area contributed by atoms with E-state index < -0.39 is 6.10 Å². The highest BCUT2D eigenvalue weighted by atomic mass is 16.6. The SMILES string of the molecule is CCCCC1C(=O)OC(C)C1OC(=O)CC(C)C. The number of esters is 2. The lowest BCUT2D eigenvalue weighted by atomic mass is 9.95. The molecule has 18 heavy (non-hydrogen) atoms. The quantitative estimate of drug-likeness (QED) is 0.686. The fraction of sp³-hybridized carbons (Fsp3) is 0.857. The van der Waals surface area contributed by atoms with Crippen LogP contribution in [0.3, 0.4) is 0 Å². The molecule has 3 atom stereocenters. The van der Waals surface area contributed by atoms with Gasteiger partial charge >= 0.3 is 11.9 Å². The summed E-state index contributed by atoms with van der Waals surface area (Å²) in [6, 6.07) is 0. The molecule has 0 bridgehead atoms. The van der Waals surface area contributed by atoms with Crippen molar-refractivity contribution in [1.29, 1.82) is 0 Å². The Morgan fingerprint density at radius 3 is 2.67 bits per heavy atom. The Labute approximate surface area is 109 Å². The molecule has 0 radical (unpaired) electrons. The van der Waals surface area contributed by atoms with Crippen LogP contribution in [0.1, 0.15) is 53.4 Å². The molecule has 1 rings (SSSR count). The molecule has 0 aromatic rings. The highest BCUT2D eigenvalue weighted by Gasteiger charge is 2.44. The normalized spacial score (nSPS) is 27.4. The van der Waals surface area contributed by atoms with Gasteiger partial charge in [0.15, 0.2) is 6.10 Å². The van der Waals surface area contributed by atoms with Crippen molar-refractivity contribution in [2.45, 2.75) is 65.6 Å². The van der Waals surface area contributed by atoms with Gasteiger partial charge in [0, 0.05) is 6.42 Å². The molecule has 1 saturated heterocycles. The van der Waals surface area contributed by atoms with E-state index in [1.165, 1.54) is 0 Å².